The summed E-state index contributed by atoms with van der Waals surface area (Å²) in [6, 6.07) is 1.35. The maximum Gasteiger partial charge on any atom is 0.317 e. The molecule has 0 bridgehead atoms. The van der Waals surface area contributed by atoms with Gasteiger partial charge in [0, 0.05) is 18.8 Å². The third-order valence-electron chi connectivity index (χ3n) is 3.98. The highest BCUT2D eigenvalue weighted by Gasteiger charge is 2.37. The van der Waals surface area contributed by atoms with Crippen molar-refractivity contribution >= 4 is 11.9 Å². The number of hydrogen-bond donors (Lipinski definition) is 3. The summed E-state index contributed by atoms with van der Waals surface area (Å²) in [4.78, 5) is 26.3. The number of carboxylic acid groups (broad SMARTS) is 1. The summed E-state index contributed by atoms with van der Waals surface area (Å²) < 4.78 is 0. The lowest BCUT2D eigenvalue weighted by atomic mass is 10.1. The zero-order valence-corrected chi connectivity index (χ0v) is 13.7. The molecule has 0 spiro atoms. The number of hydrogen-bond acceptors (Lipinski definition) is 5. The van der Waals surface area contributed by atoms with E-state index in [1.807, 2.05) is 0 Å². The summed E-state index contributed by atoms with van der Waals surface area (Å²) in [6.07, 6.45) is 0.0461. The van der Waals surface area contributed by atoms with Gasteiger partial charge in [0.25, 0.3) is 5.91 Å². The van der Waals surface area contributed by atoms with Crippen LogP contribution in [0.25, 0.3) is 0 Å². The van der Waals surface area contributed by atoms with Crippen molar-refractivity contribution in [3.8, 4) is 0 Å². The Balaban J connectivity index is 2.01. The van der Waals surface area contributed by atoms with Crippen LogP contribution in [-0.4, -0.2) is 80.9 Å². The predicted molar refractivity (Wildman–Crippen MR) is 83.1 cm³/mol. The number of aliphatic carboxylic acids is 1. The second-order valence-corrected chi connectivity index (χ2v) is 6.53. The molecule has 128 valence electrons. The number of aromatic nitrogens is 2. The molecule has 1 aliphatic rings. The van der Waals surface area contributed by atoms with Gasteiger partial charge in [-0.25, -0.2) is 0 Å². The number of likely N-dealkylation sites (tertiary alicyclic amines) is 1. The third kappa shape index (κ3) is 4.29. The van der Waals surface area contributed by atoms with E-state index < -0.39 is 12.1 Å². The van der Waals surface area contributed by atoms with Crippen LogP contribution in [-0.2, 0) is 11.2 Å². The van der Waals surface area contributed by atoms with Crippen LogP contribution < -0.4 is 0 Å². The predicted octanol–water partition coefficient (Wildman–Crippen LogP) is -0.190. The first-order valence-corrected chi connectivity index (χ1v) is 7.71. The number of β-amino-alcohol motifs (C(OH)–C–C–N with tert-alkyl or cyclic N) is 1. The number of carboxylic acids is 1. The van der Waals surface area contributed by atoms with Gasteiger partial charge in [0.05, 0.1) is 18.7 Å². The molecule has 8 heteroatoms. The molecular formula is C15H24N4O4. The van der Waals surface area contributed by atoms with Gasteiger partial charge in [-0.15, -0.1) is 0 Å². The molecule has 2 atom stereocenters. The largest absolute Gasteiger partial charge is 0.480 e. The van der Waals surface area contributed by atoms with E-state index in [1.165, 1.54) is 4.90 Å². The van der Waals surface area contributed by atoms with E-state index in [9.17, 15) is 14.7 Å². The number of carbonyl (C=O) groups excluding carboxylic acids is 1. The van der Waals surface area contributed by atoms with E-state index in [0.717, 1.165) is 12.1 Å². The number of aliphatic hydroxyl groups excluding tert-OH is 1. The molecule has 1 fully saturated rings. The quantitative estimate of drug-likeness (QED) is 0.669. The van der Waals surface area contributed by atoms with Crippen molar-refractivity contribution in [2.45, 2.75) is 32.4 Å². The molecule has 2 rings (SSSR count). The number of amides is 1. The summed E-state index contributed by atoms with van der Waals surface area (Å²) in [5.41, 5.74) is 1.23. The normalized spacial score (nSPS) is 21.4. The molecular weight excluding hydrogens is 300 g/mol. The summed E-state index contributed by atoms with van der Waals surface area (Å²) in [7, 11) is 1.63. The first-order chi connectivity index (χ1) is 10.8. The van der Waals surface area contributed by atoms with Crippen molar-refractivity contribution in [1.82, 2.24) is 20.0 Å². The topological polar surface area (TPSA) is 110 Å². The summed E-state index contributed by atoms with van der Waals surface area (Å²) >= 11 is 0. The van der Waals surface area contributed by atoms with Crippen molar-refractivity contribution in [1.29, 1.82) is 0 Å². The van der Waals surface area contributed by atoms with Gasteiger partial charge in [-0.3, -0.25) is 19.6 Å². The monoisotopic (exact) mass is 324 g/mol. The SMILES string of the molecule is CC(C)Cc1cc(C(=O)N2C[C@@H](O)[C@H](N(C)CC(=O)O)C2)n[nH]1. The van der Waals surface area contributed by atoms with Crippen LogP contribution in [0.3, 0.4) is 0 Å². The minimum Gasteiger partial charge on any atom is -0.480 e. The van der Waals surface area contributed by atoms with Crippen molar-refractivity contribution in [3.05, 3.63) is 17.5 Å². The number of H-pyrrole nitrogens is 1. The van der Waals surface area contributed by atoms with Crippen LogP contribution in [0.5, 0.6) is 0 Å². The highest BCUT2D eigenvalue weighted by molar-refractivity contribution is 5.92. The Kier molecular flexibility index (Phi) is 5.38. The van der Waals surface area contributed by atoms with Crippen LogP contribution in [0.4, 0.5) is 0 Å². The fourth-order valence-electron chi connectivity index (χ4n) is 2.88. The van der Waals surface area contributed by atoms with Crippen LogP contribution in [0.1, 0.15) is 30.0 Å². The van der Waals surface area contributed by atoms with E-state index in [4.69, 9.17) is 5.11 Å². The zero-order valence-electron chi connectivity index (χ0n) is 13.7. The number of nitrogens with one attached hydrogen (secondary N) is 1. The van der Waals surface area contributed by atoms with E-state index in [-0.39, 0.29) is 31.6 Å². The van der Waals surface area contributed by atoms with Gasteiger partial charge < -0.3 is 15.1 Å². The molecule has 8 nitrogen and oxygen atoms in total. The Morgan fingerprint density at radius 2 is 2.17 bits per heavy atom. The molecule has 2 heterocycles. The molecule has 0 saturated carbocycles. The zero-order chi connectivity index (χ0) is 17.1. The average Bonchev–Trinajstić information content (AvgIpc) is 3.03. The lowest BCUT2D eigenvalue weighted by Gasteiger charge is -2.24. The molecule has 1 aliphatic heterocycles. The Labute approximate surface area is 135 Å². The molecule has 0 radical (unpaired) electrons. The van der Waals surface area contributed by atoms with E-state index in [0.29, 0.717) is 11.6 Å². The van der Waals surface area contributed by atoms with Crippen molar-refractivity contribution in [2.24, 2.45) is 5.92 Å². The first-order valence-electron chi connectivity index (χ1n) is 7.71. The van der Waals surface area contributed by atoms with Crippen molar-refractivity contribution in [3.63, 3.8) is 0 Å². The Morgan fingerprint density at radius 3 is 2.78 bits per heavy atom. The maximum atomic E-state index is 12.5. The second kappa shape index (κ2) is 7.10. The van der Waals surface area contributed by atoms with Gasteiger partial charge >= 0.3 is 5.97 Å². The second-order valence-electron chi connectivity index (χ2n) is 6.53. The molecule has 3 N–H and O–H groups in total. The molecule has 0 aromatic carbocycles. The van der Waals surface area contributed by atoms with Gasteiger partial charge in [-0.2, -0.15) is 5.10 Å². The molecule has 1 aromatic rings. The Morgan fingerprint density at radius 1 is 1.48 bits per heavy atom. The Bertz CT molecular complexity index is 572. The molecule has 0 unspecified atom stereocenters. The summed E-state index contributed by atoms with van der Waals surface area (Å²) in [5.74, 6) is -0.752. The number of nitrogens with zero attached hydrogens (tertiary/aromatic N) is 3. The number of aliphatic hydroxyl groups is 1. The first kappa shape index (κ1) is 17.4. The number of likely N-dealkylation sites (N-methyl/N-ethyl adjacent to an activating group) is 1. The van der Waals surface area contributed by atoms with Crippen LogP contribution in [0.2, 0.25) is 0 Å². The fraction of sp³-hybridized carbons (Fsp3) is 0.667. The molecule has 0 aliphatic carbocycles. The van der Waals surface area contributed by atoms with Crippen LogP contribution in [0, 0.1) is 5.92 Å². The lowest BCUT2D eigenvalue weighted by molar-refractivity contribution is -0.138. The highest BCUT2D eigenvalue weighted by Crippen LogP contribution is 2.18. The molecule has 1 saturated heterocycles. The van der Waals surface area contributed by atoms with E-state index >= 15 is 0 Å². The van der Waals surface area contributed by atoms with Gasteiger partial charge in [-0.1, -0.05) is 13.8 Å². The number of rotatable bonds is 6. The van der Waals surface area contributed by atoms with E-state index in [2.05, 4.69) is 24.0 Å². The highest BCUT2D eigenvalue weighted by atomic mass is 16.4. The molecule has 1 aromatic heterocycles. The van der Waals surface area contributed by atoms with E-state index in [1.54, 1.807) is 18.0 Å². The molecule has 1 amide bonds. The van der Waals surface area contributed by atoms with Gasteiger partial charge in [-0.05, 0) is 25.5 Å². The Hall–Kier alpha value is -1.93. The number of carbonyl (C=O) groups is 2. The summed E-state index contributed by atoms with van der Waals surface area (Å²) in [5, 5.41) is 25.9. The molecule has 23 heavy (non-hydrogen) atoms. The average molecular weight is 324 g/mol. The smallest absolute Gasteiger partial charge is 0.317 e. The lowest BCUT2D eigenvalue weighted by Crippen LogP contribution is -2.43. The van der Waals surface area contributed by atoms with Gasteiger partial charge in [0.2, 0.25) is 0 Å². The maximum absolute atomic E-state index is 12.5. The van der Waals surface area contributed by atoms with Crippen LogP contribution >= 0.6 is 0 Å². The van der Waals surface area contributed by atoms with Gasteiger partial charge in [0.1, 0.15) is 5.69 Å². The van der Waals surface area contributed by atoms with Crippen molar-refractivity contribution in [2.75, 3.05) is 26.7 Å². The minimum atomic E-state index is -0.963. The standard InChI is InChI=1S/C15H24N4O4/c1-9(2)4-10-5-11(17-16-10)15(23)19-6-12(13(20)7-19)18(3)8-14(21)22/h5,9,12-13,20H,4,6-8H2,1-3H3,(H,16,17)(H,21,22)/t12-,13-/m1/s1. The third-order valence-corrected chi connectivity index (χ3v) is 3.98. The van der Waals surface area contributed by atoms with Gasteiger partial charge in [0.15, 0.2) is 0 Å². The summed E-state index contributed by atoms with van der Waals surface area (Å²) in [6.45, 7) is 4.46. The van der Waals surface area contributed by atoms with Crippen molar-refractivity contribution < 1.29 is 19.8 Å². The minimum absolute atomic E-state index is 0.176. The number of aromatic amines is 1. The van der Waals surface area contributed by atoms with Crippen LogP contribution in [0.15, 0.2) is 6.07 Å². The fourth-order valence-corrected chi connectivity index (χ4v) is 2.88.